The molecular formula is C23H28O4. The van der Waals surface area contributed by atoms with E-state index in [9.17, 15) is 9.90 Å². The van der Waals surface area contributed by atoms with Crippen LogP contribution in [-0.4, -0.2) is 24.3 Å². The predicted octanol–water partition coefficient (Wildman–Crippen LogP) is 4.69. The van der Waals surface area contributed by atoms with Crippen molar-refractivity contribution in [2.75, 3.05) is 13.2 Å². The van der Waals surface area contributed by atoms with Gasteiger partial charge in [-0.05, 0) is 43.0 Å². The minimum Gasteiger partial charge on any atom is -0.489 e. The molecule has 0 aliphatic rings. The van der Waals surface area contributed by atoms with Crippen LogP contribution < -0.4 is 4.74 Å². The highest BCUT2D eigenvalue weighted by atomic mass is 16.6. The lowest BCUT2D eigenvalue weighted by Gasteiger charge is -2.14. The first-order valence-electron chi connectivity index (χ1n) is 9.35. The van der Waals surface area contributed by atoms with E-state index >= 15 is 0 Å². The molecule has 27 heavy (non-hydrogen) atoms. The summed E-state index contributed by atoms with van der Waals surface area (Å²) in [6.07, 6.45) is 3.89. The standard InChI is InChI=1S/C23H28O4/c1-4-6-18-7-10-20(11-8-18)21-12-9-19(16-24)15-22(21)26-13-14-27-23(25)17(3)5-2/h5,7-12,15,24H,4,6,13-14,16H2,1-3H3/b17-5+. The Morgan fingerprint density at radius 2 is 1.78 bits per heavy atom. The monoisotopic (exact) mass is 368 g/mol. The Bertz CT molecular complexity index is 775. The van der Waals surface area contributed by atoms with E-state index in [0.29, 0.717) is 11.3 Å². The molecule has 0 unspecified atom stereocenters. The van der Waals surface area contributed by atoms with Gasteiger partial charge in [0.1, 0.15) is 19.0 Å². The summed E-state index contributed by atoms with van der Waals surface area (Å²) in [5.41, 5.74) is 4.66. The summed E-state index contributed by atoms with van der Waals surface area (Å²) in [5, 5.41) is 9.42. The SMILES string of the molecule is C/C=C(\C)C(=O)OCCOc1cc(CO)ccc1-c1ccc(CCC)cc1. The number of aliphatic hydroxyl groups is 1. The fourth-order valence-corrected chi connectivity index (χ4v) is 2.68. The molecule has 2 rings (SSSR count). The molecule has 2 aromatic rings. The maximum atomic E-state index is 11.7. The summed E-state index contributed by atoms with van der Waals surface area (Å²) in [5.74, 6) is 0.334. The van der Waals surface area contributed by atoms with Gasteiger partial charge in [0, 0.05) is 11.1 Å². The number of esters is 1. The first-order chi connectivity index (χ1) is 13.1. The van der Waals surface area contributed by atoms with Gasteiger partial charge >= 0.3 is 5.97 Å². The third kappa shape index (κ3) is 5.97. The van der Waals surface area contributed by atoms with Gasteiger partial charge in [-0.2, -0.15) is 0 Å². The first-order valence-corrected chi connectivity index (χ1v) is 9.35. The second-order valence-corrected chi connectivity index (χ2v) is 6.39. The van der Waals surface area contributed by atoms with Crippen LogP contribution >= 0.6 is 0 Å². The summed E-state index contributed by atoms with van der Waals surface area (Å²) >= 11 is 0. The van der Waals surface area contributed by atoms with Crippen LogP contribution in [0, 0.1) is 0 Å². The van der Waals surface area contributed by atoms with E-state index in [-0.39, 0.29) is 25.8 Å². The highest BCUT2D eigenvalue weighted by Gasteiger charge is 2.09. The zero-order valence-electron chi connectivity index (χ0n) is 16.3. The zero-order valence-corrected chi connectivity index (χ0v) is 16.3. The highest BCUT2D eigenvalue weighted by molar-refractivity contribution is 5.87. The molecule has 0 heterocycles. The molecule has 0 amide bonds. The van der Waals surface area contributed by atoms with E-state index < -0.39 is 0 Å². The fourth-order valence-electron chi connectivity index (χ4n) is 2.68. The molecule has 144 valence electrons. The topological polar surface area (TPSA) is 55.8 Å². The van der Waals surface area contributed by atoms with Gasteiger partial charge in [-0.3, -0.25) is 0 Å². The van der Waals surface area contributed by atoms with E-state index in [1.165, 1.54) is 5.56 Å². The maximum absolute atomic E-state index is 11.7. The second-order valence-electron chi connectivity index (χ2n) is 6.39. The molecule has 0 saturated carbocycles. The van der Waals surface area contributed by atoms with Crippen molar-refractivity contribution in [3.05, 3.63) is 65.2 Å². The average Bonchev–Trinajstić information content (AvgIpc) is 2.71. The zero-order chi connectivity index (χ0) is 19.6. The largest absolute Gasteiger partial charge is 0.489 e. The molecule has 2 aromatic carbocycles. The Hall–Kier alpha value is -2.59. The Balaban J connectivity index is 2.11. The lowest BCUT2D eigenvalue weighted by molar-refractivity contribution is -0.139. The van der Waals surface area contributed by atoms with E-state index in [4.69, 9.17) is 9.47 Å². The molecular weight excluding hydrogens is 340 g/mol. The number of aryl methyl sites for hydroxylation is 1. The Morgan fingerprint density at radius 1 is 1.07 bits per heavy atom. The summed E-state index contributed by atoms with van der Waals surface area (Å²) in [6.45, 7) is 6.04. The normalized spacial score (nSPS) is 11.3. The molecule has 4 nitrogen and oxygen atoms in total. The summed E-state index contributed by atoms with van der Waals surface area (Å²) in [7, 11) is 0. The van der Waals surface area contributed by atoms with Crippen molar-refractivity contribution in [1.29, 1.82) is 0 Å². The van der Waals surface area contributed by atoms with Crippen LogP contribution in [-0.2, 0) is 22.6 Å². The smallest absolute Gasteiger partial charge is 0.333 e. The third-order valence-electron chi connectivity index (χ3n) is 4.36. The van der Waals surface area contributed by atoms with E-state index in [2.05, 4.69) is 31.2 Å². The quantitative estimate of drug-likeness (QED) is 0.396. The third-order valence-corrected chi connectivity index (χ3v) is 4.36. The second kappa shape index (κ2) is 10.5. The molecule has 0 saturated heterocycles. The average molecular weight is 368 g/mol. The number of ether oxygens (including phenoxy) is 2. The number of carbonyl (C=O) groups is 1. The van der Waals surface area contributed by atoms with Gasteiger partial charge in [-0.1, -0.05) is 55.8 Å². The number of benzene rings is 2. The Morgan fingerprint density at radius 3 is 2.41 bits per heavy atom. The fraction of sp³-hybridized carbons (Fsp3) is 0.348. The first kappa shape index (κ1) is 20.7. The molecule has 0 radical (unpaired) electrons. The molecule has 4 heteroatoms. The lowest BCUT2D eigenvalue weighted by atomic mass is 10.00. The van der Waals surface area contributed by atoms with Crippen LogP contribution in [0.5, 0.6) is 5.75 Å². The number of hydrogen-bond acceptors (Lipinski definition) is 4. The number of hydrogen-bond donors (Lipinski definition) is 1. The molecule has 0 fully saturated rings. The van der Waals surface area contributed by atoms with Crippen LogP contribution in [0.15, 0.2) is 54.1 Å². The number of aliphatic hydroxyl groups excluding tert-OH is 1. The molecule has 0 aromatic heterocycles. The van der Waals surface area contributed by atoms with Crippen molar-refractivity contribution < 1.29 is 19.4 Å². The van der Waals surface area contributed by atoms with Crippen molar-refractivity contribution in [3.8, 4) is 16.9 Å². The van der Waals surface area contributed by atoms with Gasteiger partial charge in [0.2, 0.25) is 0 Å². The van der Waals surface area contributed by atoms with Crippen molar-refractivity contribution in [2.45, 2.75) is 40.2 Å². The van der Waals surface area contributed by atoms with E-state index in [0.717, 1.165) is 29.5 Å². The van der Waals surface area contributed by atoms with Gasteiger partial charge in [0.15, 0.2) is 0 Å². The van der Waals surface area contributed by atoms with E-state index in [1.807, 2.05) is 18.2 Å². The highest BCUT2D eigenvalue weighted by Crippen LogP contribution is 2.31. The minimum atomic E-state index is -0.336. The van der Waals surface area contributed by atoms with Crippen LogP contribution in [0.1, 0.15) is 38.3 Å². The van der Waals surface area contributed by atoms with Crippen LogP contribution in [0.4, 0.5) is 0 Å². The number of rotatable bonds is 9. The molecule has 0 aliphatic carbocycles. The molecule has 0 aliphatic heterocycles. The minimum absolute atomic E-state index is 0.0540. The molecule has 0 bridgehead atoms. The summed E-state index contributed by atoms with van der Waals surface area (Å²) in [6, 6.07) is 14.1. The van der Waals surface area contributed by atoms with Crippen LogP contribution in [0.25, 0.3) is 11.1 Å². The maximum Gasteiger partial charge on any atom is 0.333 e. The van der Waals surface area contributed by atoms with Crippen molar-refractivity contribution in [2.24, 2.45) is 0 Å². The van der Waals surface area contributed by atoms with Crippen LogP contribution in [0.2, 0.25) is 0 Å². The van der Waals surface area contributed by atoms with Gasteiger partial charge in [-0.15, -0.1) is 0 Å². The predicted molar refractivity (Wildman–Crippen MR) is 108 cm³/mol. The molecule has 1 N–H and O–H groups in total. The lowest BCUT2D eigenvalue weighted by Crippen LogP contribution is -2.13. The van der Waals surface area contributed by atoms with Gasteiger partial charge in [0.25, 0.3) is 0 Å². The molecule has 0 spiro atoms. The van der Waals surface area contributed by atoms with E-state index in [1.54, 1.807) is 19.9 Å². The number of allylic oxidation sites excluding steroid dienone is 1. The molecule has 0 atom stereocenters. The summed E-state index contributed by atoms with van der Waals surface area (Å²) < 4.78 is 11.0. The van der Waals surface area contributed by atoms with Crippen molar-refractivity contribution in [1.82, 2.24) is 0 Å². The van der Waals surface area contributed by atoms with Crippen LogP contribution in [0.3, 0.4) is 0 Å². The van der Waals surface area contributed by atoms with Crippen molar-refractivity contribution >= 4 is 5.97 Å². The summed E-state index contributed by atoms with van der Waals surface area (Å²) in [4.78, 5) is 11.7. The Labute approximate surface area is 161 Å². The van der Waals surface area contributed by atoms with Gasteiger partial charge in [-0.25, -0.2) is 4.79 Å². The van der Waals surface area contributed by atoms with Crippen molar-refractivity contribution in [3.63, 3.8) is 0 Å². The number of carbonyl (C=O) groups excluding carboxylic acids is 1. The Kier molecular flexibility index (Phi) is 8.08. The van der Waals surface area contributed by atoms with Gasteiger partial charge in [0.05, 0.1) is 6.61 Å². The van der Waals surface area contributed by atoms with Gasteiger partial charge < -0.3 is 14.6 Å².